The van der Waals surface area contributed by atoms with Crippen molar-refractivity contribution >= 4 is 38.8 Å². The van der Waals surface area contributed by atoms with Crippen molar-refractivity contribution in [2.75, 3.05) is 5.32 Å². The highest BCUT2D eigenvalue weighted by atomic mass is 79.9. The Kier molecular flexibility index (Phi) is 3.97. The van der Waals surface area contributed by atoms with Crippen LogP contribution in [0.15, 0.2) is 59.2 Å². The van der Waals surface area contributed by atoms with Crippen molar-refractivity contribution in [3.05, 3.63) is 70.3 Å². The van der Waals surface area contributed by atoms with Gasteiger partial charge in [0.25, 0.3) is 0 Å². The van der Waals surface area contributed by atoms with Gasteiger partial charge in [-0.3, -0.25) is 9.78 Å². The van der Waals surface area contributed by atoms with Crippen LogP contribution in [0.4, 0.5) is 5.69 Å². The molecular formula is C17H13BrN2O. The summed E-state index contributed by atoms with van der Waals surface area (Å²) >= 11 is 3.53. The second-order valence-electron chi connectivity index (χ2n) is 4.70. The summed E-state index contributed by atoms with van der Waals surface area (Å²) in [5.41, 5.74) is 3.54. The molecule has 0 saturated heterocycles. The molecule has 104 valence electrons. The van der Waals surface area contributed by atoms with Gasteiger partial charge in [-0.1, -0.05) is 34.1 Å². The molecule has 4 heteroatoms. The van der Waals surface area contributed by atoms with E-state index < -0.39 is 0 Å². The molecule has 0 atom stereocenters. The Morgan fingerprint density at radius 1 is 1.14 bits per heavy atom. The maximum absolute atomic E-state index is 11.0. The van der Waals surface area contributed by atoms with Crippen LogP contribution in [0, 0.1) is 0 Å². The lowest BCUT2D eigenvalue weighted by Gasteiger charge is -2.11. The fourth-order valence-corrected chi connectivity index (χ4v) is 2.84. The van der Waals surface area contributed by atoms with Crippen LogP contribution < -0.4 is 5.32 Å². The van der Waals surface area contributed by atoms with Gasteiger partial charge in [-0.2, -0.15) is 0 Å². The van der Waals surface area contributed by atoms with Crippen molar-refractivity contribution in [3.63, 3.8) is 0 Å². The second kappa shape index (κ2) is 6.06. The number of fused-ring (bicyclic) bond motifs is 1. The molecule has 2 aromatic carbocycles. The van der Waals surface area contributed by atoms with Crippen molar-refractivity contribution in [1.29, 1.82) is 0 Å². The van der Waals surface area contributed by atoms with Crippen molar-refractivity contribution in [3.8, 4) is 0 Å². The molecule has 0 spiro atoms. The first-order chi connectivity index (χ1) is 10.3. The molecule has 0 radical (unpaired) electrons. The molecule has 3 nitrogen and oxygen atoms in total. The fourth-order valence-electron chi connectivity index (χ4n) is 2.31. The summed E-state index contributed by atoms with van der Waals surface area (Å²) in [6, 6.07) is 15.5. The van der Waals surface area contributed by atoms with Crippen molar-refractivity contribution in [1.82, 2.24) is 4.98 Å². The molecule has 0 amide bonds. The van der Waals surface area contributed by atoms with Crippen molar-refractivity contribution < 1.29 is 4.79 Å². The molecule has 3 aromatic rings. The van der Waals surface area contributed by atoms with Gasteiger partial charge < -0.3 is 5.32 Å². The van der Waals surface area contributed by atoms with Crippen LogP contribution in [0.1, 0.15) is 15.9 Å². The van der Waals surface area contributed by atoms with Gasteiger partial charge in [0.2, 0.25) is 0 Å². The number of carbonyl (C=O) groups is 1. The topological polar surface area (TPSA) is 42.0 Å². The first-order valence-electron chi connectivity index (χ1n) is 6.59. The molecule has 21 heavy (non-hydrogen) atoms. The third-order valence-corrected chi connectivity index (χ3v) is 3.76. The molecule has 0 unspecified atom stereocenters. The van der Waals surface area contributed by atoms with Gasteiger partial charge in [0.1, 0.15) is 0 Å². The Bertz CT molecular complexity index is 802. The minimum atomic E-state index is 0.609. The summed E-state index contributed by atoms with van der Waals surface area (Å²) in [6.45, 7) is 0.609. The smallest absolute Gasteiger partial charge is 0.152 e. The lowest BCUT2D eigenvalue weighted by molar-refractivity contribution is 0.112. The number of benzene rings is 2. The summed E-state index contributed by atoms with van der Waals surface area (Å²) in [7, 11) is 0. The van der Waals surface area contributed by atoms with E-state index in [0.29, 0.717) is 12.1 Å². The molecule has 1 heterocycles. The Hall–Kier alpha value is -2.20. The molecule has 3 rings (SSSR count). The van der Waals surface area contributed by atoms with Crippen LogP contribution in [-0.2, 0) is 6.54 Å². The van der Waals surface area contributed by atoms with Crippen LogP contribution in [0.25, 0.3) is 10.9 Å². The molecule has 0 aliphatic heterocycles. The molecule has 0 aliphatic carbocycles. The van der Waals surface area contributed by atoms with Crippen LogP contribution in [-0.4, -0.2) is 11.3 Å². The molecule has 0 aliphatic rings. The lowest BCUT2D eigenvalue weighted by atomic mass is 10.1. The van der Waals surface area contributed by atoms with E-state index in [2.05, 4.69) is 26.2 Å². The van der Waals surface area contributed by atoms with E-state index in [4.69, 9.17) is 0 Å². The lowest BCUT2D eigenvalue weighted by Crippen LogP contribution is -2.03. The monoisotopic (exact) mass is 340 g/mol. The first kappa shape index (κ1) is 13.8. The Balaban J connectivity index is 1.93. The maximum atomic E-state index is 11.0. The summed E-state index contributed by atoms with van der Waals surface area (Å²) in [4.78, 5) is 15.5. The highest BCUT2D eigenvalue weighted by molar-refractivity contribution is 9.10. The van der Waals surface area contributed by atoms with Crippen molar-refractivity contribution in [2.45, 2.75) is 6.54 Å². The number of para-hydroxylation sites is 1. The number of aldehydes is 1. The SMILES string of the molecule is O=Cc1ccccc1NCc1cc(Br)cc2cccnc12. The van der Waals surface area contributed by atoms with Gasteiger partial charge in [-0.05, 0) is 35.9 Å². The fraction of sp³-hybridized carbons (Fsp3) is 0.0588. The van der Waals surface area contributed by atoms with E-state index in [-0.39, 0.29) is 0 Å². The van der Waals surface area contributed by atoms with Gasteiger partial charge in [-0.15, -0.1) is 0 Å². The van der Waals surface area contributed by atoms with Crippen LogP contribution >= 0.6 is 15.9 Å². The number of hydrogen-bond donors (Lipinski definition) is 1. The van der Waals surface area contributed by atoms with E-state index >= 15 is 0 Å². The summed E-state index contributed by atoms with van der Waals surface area (Å²) in [5.74, 6) is 0. The molecule has 0 saturated carbocycles. The number of rotatable bonds is 4. The predicted molar refractivity (Wildman–Crippen MR) is 88.6 cm³/mol. The van der Waals surface area contributed by atoms with E-state index in [9.17, 15) is 4.79 Å². The van der Waals surface area contributed by atoms with Gasteiger partial charge >= 0.3 is 0 Å². The van der Waals surface area contributed by atoms with E-state index in [1.54, 1.807) is 12.3 Å². The van der Waals surface area contributed by atoms with Crippen LogP contribution in [0.3, 0.4) is 0 Å². The zero-order valence-corrected chi connectivity index (χ0v) is 12.8. The van der Waals surface area contributed by atoms with Crippen molar-refractivity contribution in [2.24, 2.45) is 0 Å². The van der Waals surface area contributed by atoms with Gasteiger partial charge in [0.15, 0.2) is 6.29 Å². The number of aromatic nitrogens is 1. The zero-order valence-electron chi connectivity index (χ0n) is 11.2. The number of nitrogens with zero attached hydrogens (tertiary/aromatic N) is 1. The average molecular weight is 341 g/mol. The van der Waals surface area contributed by atoms with Gasteiger partial charge in [0.05, 0.1) is 5.52 Å². The largest absolute Gasteiger partial charge is 0.380 e. The molecule has 0 fully saturated rings. The summed E-state index contributed by atoms with van der Waals surface area (Å²) in [6.07, 6.45) is 2.65. The number of pyridine rings is 1. The number of carbonyl (C=O) groups excluding carboxylic acids is 1. The quantitative estimate of drug-likeness (QED) is 0.714. The number of hydrogen-bond acceptors (Lipinski definition) is 3. The number of nitrogens with one attached hydrogen (secondary N) is 1. The summed E-state index contributed by atoms with van der Waals surface area (Å²) in [5, 5.41) is 4.40. The minimum Gasteiger partial charge on any atom is -0.380 e. The molecular weight excluding hydrogens is 328 g/mol. The number of anilines is 1. The van der Waals surface area contributed by atoms with E-state index in [1.807, 2.05) is 42.5 Å². The normalized spacial score (nSPS) is 10.5. The molecule has 1 aromatic heterocycles. The zero-order chi connectivity index (χ0) is 14.7. The Morgan fingerprint density at radius 3 is 2.86 bits per heavy atom. The molecule has 0 bridgehead atoms. The van der Waals surface area contributed by atoms with E-state index in [0.717, 1.165) is 32.9 Å². The first-order valence-corrected chi connectivity index (χ1v) is 7.38. The number of halogens is 1. The standard InChI is InChI=1S/C17H13BrN2O/c18-15-8-12-5-3-7-19-17(12)14(9-15)10-20-16-6-2-1-4-13(16)11-21/h1-9,11,20H,10H2. The van der Waals surface area contributed by atoms with Gasteiger partial charge in [0, 0.05) is 33.9 Å². The third kappa shape index (κ3) is 2.95. The van der Waals surface area contributed by atoms with E-state index in [1.165, 1.54) is 0 Å². The minimum absolute atomic E-state index is 0.609. The Labute approximate surface area is 131 Å². The predicted octanol–water partition coefficient (Wildman–Crippen LogP) is 4.42. The molecule has 1 N–H and O–H groups in total. The van der Waals surface area contributed by atoms with Crippen LogP contribution in [0.5, 0.6) is 0 Å². The average Bonchev–Trinajstić information content (AvgIpc) is 2.52. The van der Waals surface area contributed by atoms with Gasteiger partial charge in [-0.25, -0.2) is 0 Å². The highest BCUT2D eigenvalue weighted by Crippen LogP contribution is 2.24. The Morgan fingerprint density at radius 2 is 2.00 bits per heavy atom. The second-order valence-corrected chi connectivity index (χ2v) is 5.61. The third-order valence-electron chi connectivity index (χ3n) is 3.31. The summed E-state index contributed by atoms with van der Waals surface area (Å²) < 4.78 is 1.02. The van der Waals surface area contributed by atoms with Crippen LogP contribution in [0.2, 0.25) is 0 Å². The highest BCUT2D eigenvalue weighted by Gasteiger charge is 2.06. The maximum Gasteiger partial charge on any atom is 0.152 e.